The molecule has 3 nitrogen and oxygen atoms in total. The summed E-state index contributed by atoms with van der Waals surface area (Å²) in [5.74, 6) is -0.292. The van der Waals surface area contributed by atoms with Crippen LogP contribution in [0, 0.1) is 5.92 Å². The Bertz CT molecular complexity index is 378. The van der Waals surface area contributed by atoms with Gasteiger partial charge in [0.25, 0.3) is 5.76 Å². The maximum atomic E-state index is 12.1. The molecule has 0 radical (unpaired) electrons. The van der Waals surface area contributed by atoms with Crippen molar-refractivity contribution in [3.8, 4) is 0 Å². The van der Waals surface area contributed by atoms with Crippen molar-refractivity contribution in [1.29, 1.82) is 0 Å². The highest BCUT2D eigenvalue weighted by Crippen LogP contribution is 2.23. The summed E-state index contributed by atoms with van der Waals surface area (Å²) in [6.07, 6.45) is 2.01. The van der Waals surface area contributed by atoms with E-state index < -0.39 is 5.76 Å². The highest BCUT2D eigenvalue weighted by molar-refractivity contribution is 7.98. The Kier molecular flexibility index (Phi) is 5.66. The van der Waals surface area contributed by atoms with Crippen LogP contribution in [0.4, 0.5) is 8.78 Å². The van der Waals surface area contributed by atoms with E-state index in [1.807, 2.05) is 6.07 Å². The molecule has 19 heavy (non-hydrogen) atoms. The van der Waals surface area contributed by atoms with Crippen molar-refractivity contribution >= 4 is 11.8 Å². The van der Waals surface area contributed by atoms with Gasteiger partial charge in [0.2, 0.25) is 0 Å². The van der Waals surface area contributed by atoms with Crippen LogP contribution in [0.25, 0.3) is 0 Å². The van der Waals surface area contributed by atoms with Crippen LogP contribution < -0.4 is 0 Å². The Hall–Kier alpha value is -0.590. The first-order valence-electron chi connectivity index (χ1n) is 6.48. The number of halogens is 2. The fourth-order valence-electron chi connectivity index (χ4n) is 2.28. The maximum absolute atomic E-state index is 12.1. The molecule has 0 aromatic carbocycles. The number of hydrogen-bond acceptors (Lipinski definition) is 4. The number of thioether (sulfide) groups is 1. The van der Waals surface area contributed by atoms with E-state index in [0.717, 1.165) is 38.2 Å². The molecule has 1 fully saturated rings. The van der Waals surface area contributed by atoms with Crippen molar-refractivity contribution in [1.82, 2.24) is 4.90 Å². The number of nitrogens with zero attached hydrogens (tertiary/aromatic N) is 1. The van der Waals surface area contributed by atoms with Crippen LogP contribution in [-0.4, -0.2) is 35.5 Å². The standard InChI is InChI=1S/C13H19F2NO2S/c14-13(15)19-9-12-2-1-11(18-12)7-16-5-3-10(8-17)4-6-16/h1-2,10,13,17H,3-9H2. The first kappa shape index (κ1) is 14.8. The zero-order valence-corrected chi connectivity index (χ0v) is 11.5. The monoisotopic (exact) mass is 291 g/mol. The molecule has 0 atom stereocenters. The number of likely N-dealkylation sites (tertiary alicyclic amines) is 1. The Balaban J connectivity index is 1.77. The van der Waals surface area contributed by atoms with Crippen molar-refractivity contribution in [2.45, 2.75) is 30.9 Å². The summed E-state index contributed by atoms with van der Waals surface area (Å²) in [7, 11) is 0. The van der Waals surface area contributed by atoms with Crippen LogP contribution in [0.3, 0.4) is 0 Å². The zero-order chi connectivity index (χ0) is 13.7. The van der Waals surface area contributed by atoms with Gasteiger partial charge >= 0.3 is 0 Å². The van der Waals surface area contributed by atoms with E-state index in [4.69, 9.17) is 9.52 Å². The van der Waals surface area contributed by atoms with Gasteiger partial charge in [-0.05, 0) is 44.0 Å². The van der Waals surface area contributed by atoms with E-state index in [2.05, 4.69) is 4.90 Å². The van der Waals surface area contributed by atoms with Gasteiger partial charge in [-0.2, -0.15) is 8.78 Å². The number of hydrogen-bond donors (Lipinski definition) is 1. The lowest BCUT2D eigenvalue weighted by Crippen LogP contribution is -2.34. The molecule has 1 saturated heterocycles. The van der Waals surface area contributed by atoms with Crippen LogP contribution in [0.1, 0.15) is 24.4 Å². The fourth-order valence-corrected chi connectivity index (χ4v) is 2.72. The van der Waals surface area contributed by atoms with Crippen molar-refractivity contribution in [2.24, 2.45) is 5.92 Å². The molecule has 1 aliphatic heterocycles. The van der Waals surface area contributed by atoms with Crippen molar-refractivity contribution in [2.75, 3.05) is 19.7 Å². The van der Waals surface area contributed by atoms with E-state index in [0.29, 0.717) is 23.4 Å². The predicted molar refractivity (Wildman–Crippen MR) is 71.1 cm³/mol. The largest absolute Gasteiger partial charge is 0.464 e. The van der Waals surface area contributed by atoms with E-state index in [-0.39, 0.29) is 12.4 Å². The van der Waals surface area contributed by atoms with Gasteiger partial charge in [0, 0.05) is 6.61 Å². The van der Waals surface area contributed by atoms with E-state index in [1.54, 1.807) is 6.07 Å². The lowest BCUT2D eigenvalue weighted by Gasteiger charge is -2.30. The molecule has 108 valence electrons. The predicted octanol–water partition coefficient (Wildman–Crippen LogP) is 2.94. The minimum atomic E-state index is -2.36. The van der Waals surface area contributed by atoms with Gasteiger partial charge in [-0.15, -0.1) is 0 Å². The average Bonchev–Trinajstić information content (AvgIpc) is 2.85. The summed E-state index contributed by atoms with van der Waals surface area (Å²) in [6.45, 7) is 2.89. The molecule has 0 aliphatic carbocycles. The normalized spacial score (nSPS) is 18.3. The van der Waals surface area contributed by atoms with Gasteiger partial charge in [0.05, 0.1) is 12.3 Å². The van der Waals surface area contributed by atoms with Crippen LogP contribution >= 0.6 is 11.8 Å². The number of piperidine rings is 1. The van der Waals surface area contributed by atoms with Gasteiger partial charge in [0.15, 0.2) is 0 Å². The SMILES string of the molecule is OCC1CCN(Cc2ccc(CSC(F)F)o2)CC1. The molecule has 1 aliphatic rings. The van der Waals surface area contributed by atoms with Gasteiger partial charge in [-0.3, -0.25) is 4.90 Å². The Morgan fingerprint density at radius 3 is 2.63 bits per heavy atom. The van der Waals surface area contributed by atoms with Crippen LogP contribution in [-0.2, 0) is 12.3 Å². The third-order valence-corrected chi connectivity index (χ3v) is 4.12. The molecular formula is C13H19F2NO2S. The second kappa shape index (κ2) is 7.26. The van der Waals surface area contributed by atoms with Gasteiger partial charge < -0.3 is 9.52 Å². The summed E-state index contributed by atoms with van der Waals surface area (Å²) in [4.78, 5) is 2.27. The highest BCUT2D eigenvalue weighted by Gasteiger charge is 2.19. The summed E-state index contributed by atoms with van der Waals surface area (Å²) in [5.41, 5.74) is 0. The van der Waals surface area contributed by atoms with Crippen molar-refractivity contribution < 1.29 is 18.3 Å². The average molecular weight is 291 g/mol. The smallest absolute Gasteiger partial charge is 0.284 e. The number of furan rings is 1. The molecule has 0 amide bonds. The molecule has 2 heterocycles. The molecule has 1 aromatic heterocycles. The molecule has 0 unspecified atom stereocenters. The minimum Gasteiger partial charge on any atom is -0.464 e. The number of aliphatic hydroxyl groups excluding tert-OH is 1. The molecule has 1 N–H and O–H groups in total. The molecule has 6 heteroatoms. The Morgan fingerprint density at radius 1 is 1.32 bits per heavy atom. The van der Waals surface area contributed by atoms with Crippen LogP contribution in [0.15, 0.2) is 16.5 Å². The zero-order valence-electron chi connectivity index (χ0n) is 10.7. The van der Waals surface area contributed by atoms with Gasteiger partial charge in [0.1, 0.15) is 11.5 Å². The Morgan fingerprint density at radius 2 is 2.00 bits per heavy atom. The topological polar surface area (TPSA) is 36.6 Å². The second-order valence-corrected chi connectivity index (χ2v) is 5.82. The van der Waals surface area contributed by atoms with Gasteiger partial charge in [-0.1, -0.05) is 11.8 Å². The molecule has 0 saturated carbocycles. The molecule has 1 aromatic rings. The Labute approximate surface area is 116 Å². The number of alkyl halides is 2. The lowest BCUT2D eigenvalue weighted by atomic mass is 9.98. The molecule has 2 rings (SSSR count). The highest BCUT2D eigenvalue weighted by atomic mass is 32.2. The van der Waals surface area contributed by atoms with E-state index >= 15 is 0 Å². The second-order valence-electron chi connectivity index (χ2n) is 4.84. The van der Waals surface area contributed by atoms with Crippen LogP contribution in [0.5, 0.6) is 0 Å². The third-order valence-electron chi connectivity index (χ3n) is 3.41. The van der Waals surface area contributed by atoms with E-state index in [1.165, 1.54) is 0 Å². The van der Waals surface area contributed by atoms with Crippen molar-refractivity contribution in [3.05, 3.63) is 23.7 Å². The first-order valence-corrected chi connectivity index (χ1v) is 7.53. The van der Waals surface area contributed by atoms with Crippen LogP contribution in [0.2, 0.25) is 0 Å². The fraction of sp³-hybridized carbons (Fsp3) is 0.692. The maximum Gasteiger partial charge on any atom is 0.284 e. The lowest BCUT2D eigenvalue weighted by molar-refractivity contribution is 0.122. The first-order chi connectivity index (χ1) is 9.17. The quantitative estimate of drug-likeness (QED) is 0.874. The van der Waals surface area contributed by atoms with E-state index in [9.17, 15) is 8.78 Å². The number of rotatable bonds is 6. The molecule has 0 spiro atoms. The van der Waals surface area contributed by atoms with Crippen molar-refractivity contribution in [3.63, 3.8) is 0 Å². The molecule has 0 bridgehead atoms. The third kappa shape index (κ3) is 4.78. The summed E-state index contributed by atoms with van der Waals surface area (Å²) >= 11 is 0.579. The summed E-state index contributed by atoms with van der Waals surface area (Å²) in [6, 6.07) is 3.63. The summed E-state index contributed by atoms with van der Waals surface area (Å²) in [5, 5.41) is 9.07. The minimum absolute atomic E-state index is 0.213. The molecular weight excluding hydrogens is 272 g/mol. The number of aliphatic hydroxyl groups is 1. The summed E-state index contributed by atoms with van der Waals surface area (Å²) < 4.78 is 29.7. The van der Waals surface area contributed by atoms with Gasteiger partial charge in [-0.25, -0.2) is 0 Å².